The second-order valence-electron chi connectivity index (χ2n) is 6.88. The Morgan fingerprint density at radius 2 is 1.84 bits per heavy atom. The minimum Gasteiger partial charge on any atom is -0.348 e. The maximum atomic E-state index is 12.8. The Bertz CT molecular complexity index is 807. The lowest BCUT2D eigenvalue weighted by Crippen LogP contribution is -2.46. The summed E-state index contributed by atoms with van der Waals surface area (Å²) < 4.78 is 2.05. The van der Waals surface area contributed by atoms with Crippen molar-refractivity contribution in [2.75, 3.05) is 11.4 Å². The normalized spacial score (nSPS) is 14.5. The highest BCUT2D eigenvalue weighted by atomic mass is 16.2. The summed E-state index contributed by atoms with van der Waals surface area (Å²) in [5.74, 6) is -0.274. The number of rotatable bonds is 4. The van der Waals surface area contributed by atoms with Crippen LogP contribution in [-0.2, 0) is 11.2 Å². The summed E-state index contributed by atoms with van der Waals surface area (Å²) in [6, 6.07) is 9.46. The molecule has 2 heterocycles. The standard InChI is InChI=1S/C20H25N3O2/c1-13(2)22-12-10-17(15(22)4)19(24)21-14(3)20(25)23-11-9-16-7-5-6-8-18(16)23/h5-8,10,12-14H,9,11H2,1-4H3,(H,21,24). The molecule has 132 valence electrons. The van der Waals surface area contributed by atoms with E-state index in [-0.39, 0.29) is 11.8 Å². The van der Waals surface area contributed by atoms with E-state index >= 15 is 0 Å². The molecule has 5 heteroatoms. The van der Waals surface area contributed by atoms with Crippen LogP contribution in [-0.4, -0.2) is 29.0 Å². The molecule has 25 heavy (non-hydrogen) atoms. The fourth-order valence-corrected chi connectivity index (χ4v) is 3.46. The maximum Gasteiger partial charge on any atom is 0.253 e. The predicted molar refractivity (Wildman–Crippen MR) is 99.0 cm³/mol. The molecular weight excluding hydrogens is 314 g/mol. The summed E-state index contributed by atoms with van der Waals surface area (Å²) in [7, 11) is 0. The van der Waals surface area contributed by atoms with Crippen LogP contribution >= 0.6 is 0 Å². The molecule has 2 amide bonds. The van der Waals surface area contributed by atoms with Gasteiger partial charge in [-0.3, -0.25) is 9.59 Å². The number of aromatic nitrogens is 1. The fraction of sp³-hybridized carbons (Fsp3) is 0.400. The van der Waals surface area contributed by atoms with Crippen molar-refractivity contribution in [3.63, 3.8) is 0 Å². The van der Waals surface area contributed by atoms with Gasteiger partial charge in [-0.05, 0) is 51.8 Å². The van der Waals surface area contributed by atoms with Crippen molar-refractivity contribution in [2.24, 2.45) is 0 Å². The van der Waals surface area contributed by atoms with Gasteiger partial charge in [0.2, 0.25) is 5.91 Å². The SMILES string of the molecule is Cc1c(C(=O)NC(C)C(=O)N2CCc3ccccc32)ccn1C(C)C. The Morgan fingerprint density at radius 1 is 1.12 bits per heavy atom. The summed E-state index contributed by atoms with van der Waals surface area (Å²) in [4.78, 5) is 27.1. The Labute approximate surface area is 148 Å². The molecule has 0 spiro atoms. The zero-order valence-corrected chi connectivity index (χ0v) is 15.2. The molecule has 3 rings (SSSR count). The van der Waals surface area contributed by atoms with Crippen molar-refractivity contribution in [1.82, 2.24) is 9.88 Å². The summed E-state index contributed by atoms with van der Waals surface area (Å²) in [6.45, 7) is 8.49. The monoisotopic (exact) mass is 339 g/mol. The first-order chi connectivity index (χ1) is 11.9. The third-order valence-corrected chi connectivity index (χ3v) is 4.85. The van der Waals surface area contributed by atoms with Crippen molar-refractivity contribution < 1.29 is 9.59 Å². The Morgan fingerprint density at radius 3 is 2.52 bits per heavy atom. The molecule has 0 saturated heterocycles. The van der Waals surface area contributed by atoms with Gasteiger partial charge < -0.3 is 14.8 Å². The van der Waals surface area contributed by atoms with Crippen LogP contribution in [0.1, 0.15) is 48.4 Å². The Balaban J connectivity index is 1.71. The number of carbonyl (C=O) groups is 2. The fourth-order valence-electron chi connectivity index (χ4n) is 3.46. The van der Waals surface area contributed by atoms with Gasteiger partial charge in [-0.1, -0.05) is 18.2 Å². The smallest absolute Gasteiger partial charge is 0.253 e. The lowest BCUT2D eigenvalue weighted by Gasteiger charge is -2.22. The number of anilines is 1. The highest BCUT2D eigenvalue weighted by Gasteiger charge is 2.29. The van der Waals surface area contributed by atoms with E-state index in [1.165, 1.54) is 5.56 Å². The summed E-state index contributed by atoms with van der Waals surface area (Å²) >= 11 is 0. The maximum absolute atomic E-state index is 12.8. The number of amides is 2. The number of nitrogens with one attached hydrogen (secondary N) is 1. The zero-order valence-electron chi connectivity index (χ0n) is 15.2. The average molecular weight is 339 g/mol. The highest BCUT2D eigenvalue weighted by molar-refractivity contribution is 6.03. The van der Waals surface area contributed by atoms with Crippen molar-refractivity contribution in [2.45, 2.75) is 46.2 Å². The van der Waals surface area contributed by atoms with Gasteiger partial charge in [0.1, 0.15) is 6.04 Å². The first kappa shape index (κ1) is 17.3. The van der Waals surface area contributed by atoms with Crippen LogP contribution in [0.2, 0.25) is 0 Å². The molecule has 1 aromatic carbocycles. The van der Waals surface area contributed by atoms with Crippen LogP contribution in [0, 0.1) is 6.92 Å². The average Bonchev–Trinajstić information content (AvgIpc) is 3.17. The number of fused-ring (bicyclic) bond motifs is 1. The topological polar surface area (TPSA) is 54.3 Å². The van der Waals surface area contributed by atoms with Crippen LogP contribution in [0.3, 0.4) is 0 Å². The second kappa shape index (κ2) is 6.75. The molecule has 5 nitrogen and oxygen atoms in total. The molecule has 1 aromatic heterocycles. The molecule has 0 saturated carbocycles. The van der Waals surface area contributed by atoms with E-state index in [0.29, 0.717) is 18.2 Å². The van der Waals surface area contributed by atoms with Gasteiger partial charge in [0.15, 0.2) is 0 Å². The van der Waals surface area contributed by atoms with Crippen LogP contribution < -0.4 is 10.2 Å². The molecular formula is C20H25N3O2. The molecule has 0 radical (unpaired) electrons. The molecule has 1 aliphatic rings. The molecule has 1 N–H and O–H groups in total. The third kappa shape index (κ3) is 3.18. The molecule has 0 bridgehead atoms. The van der Waals surface area contributed by atoms with E-state index in [9.17, 15) is 9.59 Å². The van der Waals surface area contributed by atoms with Gasteiger partial charge in [0, 0.05) is 30.2 Å². The number of nitrogens with zero attached hydrogens (tertiary/aromatic N) is 2. The molecule has 0 fully saturated rings. The molecule has 1 aliphatic heterocycles. The van der Waals surface area contributed by atoms with E-state index in [1.54, 1.807) is 11.8 Å². The van der Waals surface area contributed by atoms with Gasteiger partial charge in [0.05, 0.1) is 5.56 Å². The lowest BCUT2D eigenvalue weighted by atomic mass is 10.1. The summed E-state index contributed by atoms with van der Waals surface area (Å²) in [5, 5.41) is 2.85. The van der Waals surface area contributed by atoms with Gasteiger partial charge in [-0.15, -0.1) is 0 Å². The highest BCUT2D eigenvalue weighted by Crippen LogP contribution is 2.28. The van der Waals surface area contributed by atoms with E-state index < -0.39 is 6.04 Å². The minimum absolute atomic E-state index is 0.0701. The quantitative estimate of drug-likeness (QED) is 0.931. The van der Waals surface area contributed by atoms with Crippen LogP contribution in [0.4, 0.5) is 5.69 Å². The van der Waals surface area contributed by atoms with E-state index in [2.05, 4.69) is 23.7 Å². The van der Waals surface area contributed by atoms with Crippen LogP contribution in [0.5, 0.6) is 0 Å². The van der Waals surface area contributed by atoms with Gasteiger partial charge in [-0.2, -0.15) is 0 Å². The van der Waals surface area contributed by atoms with E-state index in [0.717, 1.165) is 17.8 Å². The van der Waals surface area contributed by atoms with E-state index in [1.807, 2.05) is 43.5 Å². The van der Waals surface area contributed by atoms with Gasteiger partial charge in [0.25, 0.3) is 5.91 Å². The first-order valence-electron chi connectivity index (χ1n) is 8.77. The van der Waals surface area contributed by atoms with E-state index in [4.69, 9.17) is 0 Å². The van der Waals surface area contributed by atoms with Crippen LogP contribution in [0.25, 0.3) is 0 Å². The first-order valence-corrected chi connectivity index (χ1v) is 8.77. The van der Waals surface area contributed by atoms with Crippen molar-refractivity contribution in [3.05, 3.63) is 53.3 Å². The number of benzene rings is 1. The van der Waals surface area contributed by atoms with Gasteiger partial charge in [-0.25, -0.2) is 0 Å². The Hall–Kier alpha value is -2.56. The second-order valence-corrected chi connectivity index (χ2v) is 6.88. The number of hydrogen-bond acceptors (Lipinski definition) is 2. The molecule has 1 unspecified atom stereocenters. The largest absolute Gasteiger partial charge is 0.348 e. The summed E-state index contributed by atoms with van der Waals surface area (Å²) in [5.41, 5.74) is 3.67. The third-order valence-electron chi connectivity index (χ3n) is 4.85. The molecule has 0 aliphatic carbocycles. The number of para-hydroxylation sites is 1. The minimum atomic E-state index is -0.569. The van der Waals surface area contributed by atoms with Crippen molar-refractivity contribution in [3.8, 4) is 0 Å². The summed E-state index contributed by atoms with van der Waals surface area (Å²) in [6.07, 6.45) is 2.77. The molecule has 1 atom stereocenters. The van der Waals surface area contributed by atoms with Gasteiger partial charge >= 0.3 is 0 Å². The predicted octanol–water partition coefficient (Wildman–Crippen LogP) is 3.09. The van der Waals surface area contributed by atoms with Crippen LogP contribution in [0.15, 0.2) is 36.5 Å². The molecule has 2 aromatic rings. The number of hydrogen-bond donors (Lipinski definition) is 1. The van der Waals surface area contributed by atoms with Crippen molar-refractivity contribution >= 4 is 17.5 Å². The van der Waals surface area contributed by atoms with Crippen molar-refractivity contribution in [1.29, 1.82) is 0 Å². The zero-order chi connectivity index (χ0) is 18.1. The Kier molecular flexibility index (Phi) is 4.66. The number of carbonyl (C=O) groups excluding carboxylic acids is 2. The lowest BCUT2D eigenvalue weighted by molar-refractivity contribution is -0.119.